The summed E-state index contributed by atoms with van der Waals surface area (Å²) in [6, 6.07) is 14.6. The van der Waals surface area contributed by atoms with Gasteiger partial charge in [0.15, 0.2) is 11.3 Å². The first kappa shape index (κ1) is 18.1. The standard InChI is InChI=1S/C21H16N4O4/c1-27-15-5-3-4-12(8-15)20-24-16-7-6-14(9-17(16)29-20)25-11-13(10-22)18(23)19(25)21(26)28-2/h3-9,11H,23H2,1-2H3. The van der Waals surface area contributed by atoms with E-state index >= 15 is 0 Å². The quantitative estimate of drug-likeness (QED) is 0.532. The molecular weight excluding hydrogens is 372 g/mol. The smallest absolute Gasteiger partial charge is 0.357 e. The molecule has 29 heavy (non-hydrogen) atoms. The molecule has 0 atom stereocenters. The highest BCUT2D eigenvalue weighted by molar-refractivity contribution is 5.96. The third-order valence-electron chi connectivity index (χ3n) is 4.51. The van der Waals surface area contributed by atoms with Crippen LogP contribution in [0.5, 0.6) is 5.75 Å². The van der Waals surface area contributed by atoms with Crippen molar-refractivity contribution in [3.05, 3.63) is 59.9 Å². The normalized spacial score (nSPS) is 10.7. The van der Waals surface area contributed by atoms with Crippen molar-refractivity contribution in [3.8, 4) is 29.0 Å². The maximum absolute atomic E-state index is 12.2. The number of hydrogen-bond acceptors (Lipinski definition) is 7. The summed E-state index contributed by atoms with van der Waals surface area (Å²) in [5.41, 5.74) is 8.80. The summed E-state index contributed by atoms with van der Waals surface area (Å²) in [5, 5.41) is 9.27. The van der Waals surface area contributed by atoms with Gasteiger partial charge in [-0.2, -0.15) is 5.26 Å². The lowest BCUT2D eigenvalue weighted by Crippen LogP contribution is -2.11. The van der Waals surface area contributed by atoms with Gasteiger partial charge in [0.1, 0.15) is 17.3 Å². The van der Waals surface area contributed by atoms with Gasteiger partial charge in [-0.25, -0.2) is 9.78 Å². The molecule has 2 heterocycles. The van der Waals surface area contributed by atoms with Crippen LogP contribution < -0.4 is 10.5 Å². The number of ether oxygens (including phenoxy) is 2. The number of esters is 1. The lowest BCUT2D eigenvalue weighted by atomic mass is 10.2. The topological polar surface area (TPSA) is 116 Å². The van der Waals surface area contributed by atoms with Gasteiger partial charge in [0, 0.05) is 23.5 Å². The number of oxazole rings is 1. The molecule has 0 bridgehead atoms. The minimum atomic E-state index is -0.640. The number of aromatic nitrogens is 2. The number of nitrogens with two attached hydrogens (primary N) is 1. The van der Waals surface area contributed by atoms with Crippen LogP contribution in [-0.4, -0.2) is 29.7 Å². The van der Waals surface area contributed by atoms with Crippen molar-refractivity contribution in [2.24, 2.45) is 0 Å². The number of methoxy groups -OCH3 is 2. The van der Waals surface area contributed by atoms with Gasteiger partial charge in [-0.3, -0.25) is 0 Å². The molecule has 0 amide bonds. The van der Waals surface area contributed by atoms with Gasteiger partial charge >= 0.3 is 5.97 Å². The SMILES string of the molecule is COC(=O)c1c(N)c(C#N)cn1-c1ccc2nc(-c3cccc(OC)c3)oc2c1. The van der Waals surface area contributed by atoms with Gasteiger partial charge in [0.25, 0.3) is 0 Å². The number of carbonyl (C=O) groups excluding carboxylic acids is 1. The molecule has 0 aliphatic carbocycles. The summed E-state index contributed by atoms with van der Waals surface area (Å²) in [6.45, 7) is 0. The highest BCUT2D eigenvalue weighted by Crippen LogP contribution is 2.30. The minimum absolute atomic E-state index is 0.0640. The Kier molecular flexibility index (Phi) is 4.41. The molecular formula is C21H16N4O4. The molecule has 2 N–H and O–H groups in total. The van der Waals surface area contributed by atoms with Crippen molar-refractivity contribution < 1.29 is 18.7 Å². The van der Waals surface area contributed by atoms with Crippen molar-refractivity contribution in [1.82, 2.24) is 9.55 Å². The number of carbonyl (C=O) groups is 1. The van der Waals surface area contributed by atoms with E-state index in [1.54, 1.807) is 25.3 Å². The van der Waals surface area contributed by atoms with Gasteiger partial charge in [0.05, 0.1) is 25.5 Å². The van der Waals surface area contributed by atoms with E-state index in [2.05, 4.69) is 4.98 Å². The Balaban J connectivity index is 1.83. The molecule has 8 nitrogen and oxygen atoms in total. The van der Waals surface area contributed by atoms with Crippen LogP contribution in [0.25, 0.3) is 28.2 Å². The van der Waals surface area contributed by atoms with E-state index in [4.69, 9.17) is 19.6 Å². The fourth-order valence-electron chi connectivity index (χ4n) is 3.06. The number of rotatable bonds is 4. The number of hydrogen-bond donors (Lipinski definition) is 1. The average Bonchev–Trinajstić information content (AvgIpc) is 3.33. The second-order valence-electron chi connectivity index (χ2n) is 6.18. The minimum Gasteiger partial charge on any atom is -0.497 e. The largest absolute Gasteiger partial charge is 0.497 e. The zero-order chi connectivity index (χ0) is 20.5. The highest BCUT2D eigenvalue weighted by Gasteiger charge is 2.22. The lowest BCUT2D eigenvalue weighted by molar-refractivity contribution is 0.0593. The van der Waals surface area contributed by atoms with Gasteiger partial charge in [-0.15, -0.1) is 0 Å². The average molecular weight is 388 g/mol. The maximum Gasteiger partial charge on any atom is 0.357 e. The number of benzene rings is 2. The molecule has 0 fully saturated rings. The van der Waals surface area contributed by atoms with Crippen molar-refractivity contribution in [1.29, 1.82) is 5.26 Å². The first-order chi connectivity index (χ1) is 14.0. The Morgan fingerprint density at radius 1 is 1.24 bits per heavy atom. The fraction of sp³-hybridized carbons (Fsp3) is 0.0952. The summed E-state index contributed by atoms with van der Waals surface area (Å²) in [7, 11) is 2.85. The van der Waals surface area contributed by atoms with E-state index in [1.807, 2.05) is 30.3 Å². The Morgan fingerprint density at radius 3 is 2.79 bits per heavy atom. The third-order valence-corrected chi connectivity index (χ3v) is 4.51. The molecule has 0 spiro atoms. The Labute approximate surface area is 165 Å². The van der Waals surface area contributed by atoms with Crippen LogP contribution in [0.1, 0.15) is 16.1 Å². The van der Waals surface area contributed by atoms with E-state index in [-0.39, 0.29) is 16.9 Å². The van der Waals surface area contributed by atoms with Crippen molar-refractivity contribution >= 4 is 22.8 Å². The van der Waals surface area contributed by atoms with E-state index in [0.29, 0.717) is 28.4 Å². The van der Waals surface area contributed by atoms with E-state index < -0.39 is 5.97 Å². The van der Waals surface area contributed by atoms with Crippen molar-refractivity contribution in [2.75, 3.05) is 20.0 Å². The number of nitrogens with zero attached hydrogens (tertiary/aromatic N) is 3. The molecule has 0 aliphatic rings. The number of nitrogen functional groups attached to an aromatic ring is 1. The lowest BCUT2D eigenvalue weighted by Gasteiger charge is -2.08. The summed E-state index contributed by atoms with van der Waals surface area (Å²) < 4.78 is 17.5. The molecule has 2 aromatic carbocycles. The second kappa shape index (κ2) is 7.05. The van der Waals surface area contributed by atoms with Crippen LogP contribution in [0.2, 0.25) is 0 Å². The Hall–Kier alpha value is -4.25. The Morgan fingerprint density at radius 2 is 2.07 bits per heavy atom. The molecule has 0 radical (unpaired) electrons. The predicted molar refractivity (Wildman–Crippen MR) is 106 cm³/mol. The molecule has 0 unspecified atom stereocenters. The summed E-state index contributed by atoms with van der Waals surface area (Å²) in [6.07, 6.45) is 1.49. The van der Waals surface area contributed by atoms with Crippen LogP contribution in [-0.2, 0) is 4.74 Å². The zero-order valence-electron chi connectivity index (χ0n) is 15.7. The number of fused-ring (bicyclic) bond motifs is 1. The van der Waals surface area contributed by atoms with Crippen molar-refractivity contribution in [3.63, 3.8) is 0 Å². The molecule has 0 saturated heterocycles. The second-order valence-corrected chi connectivity index (χ2v) is 6.18. The molecule has 4 rings (SSSR count). The fourth-order valence-corrected chi connectivity index (χ4v) is 3.06. The van der Waals surface area contributed by atoms with Crippen molar-refractivity contribution in [2.45, 2.75) is 0 Å². The number of anilines is 1. The first-order valence-electron chi connectivity index (χ1n) is 8.60. The maximum atomic E-state index is 12.2. The van der Waals surface area contributed by atoms with E-state index in [1.165, 1.54) is 17.9 Å². The van der Waals surface area contributed by atoms with Gasteiger partial charge < -0.3 is 24.2 Å². The van der Waals surface area contributed by atoms with E-state index in [0.717, 1.165) is 5.56 Å². The number of nitriles is 1. The van der Waals surface area contributed by atoms with Gasteiger partial charge in [-0.1, -0.05) is 6.07 Å². The first-order valence-corrected chi connectivity index (χ1v) is 8.60. The molecule has 4 aromatic rings. The summed E-state index contributed by atoms with van der Waals surface area (Å²) in [5.74, 6) is 0.493. The Bertz CT molecular complexity index is 1280. The monoisotopic (exact) mass is 388 g/mol. The van der Waals surface area contributed by atoms with E-state index in [9.17, 15) is 10.1 Å². The summed E-state index contributed by atoms with van der Waals surface area (Å²) in [4.78, 5) is 16.7. The van der Waals surface area contributed by atoms with Crippen LogP contribution in [0.4, 0.5) is 5.69 Å². The molecule has 144 valence electrons. The van der Waals surface area contributed by atoms with Gasteiger partial charge in [-0.05, 0) is 30.3 Å². The van der Waals surface area contributed by atoms with Crippen LogP contribution in [0, 0.1) is 11.3 Å². The van der Waals surface area contributed by atoms with Gasteiger partial charge in [0.2, 0.25) is 5.89 Å². The molecule has 0 saturated carbocycles. The molecule has 8 heteroatoms. The highest BCUT2D eigenvalue weighted by atomic mass is 16.5. The van der Waals surface area contributed by atoms with Crippen LogP contribution >= 0.6 is 0 Å². The molecule has 2 aromatic heterocycles. The predicted octanol–water partition coefficient (Wildman–Crippen LogP) is 3.53. The third kappa shape index (κ3) is 3.04. The van der Waals surface area contributed by atoms with Crippen LogP contribution in [0.15, 0.2) is 53.1 Å². The van der Waals surface area contributed by atoms with Crippen LogP contribution in [0.3, 0.4) is 0 Å². The zero-order valence-corrected chi connectivity index (χ0v) is 15.7. The summed E-state index contributed by atoms with van der Waals surface area (Å²) >= 11 is 0. The molecule has 0 aliphatic heterocycles.